The molecule has 1 N–H and O–H groups in total. The largest absolute Gasteiger partial charge is 0.498 e. The van der Waals surface area contributed by atoms with Crippen LogP contribution in [0, 0.1) is 0 Å². The quantitative estimate of drug-likeness (QED) is 0.131. The van der Waals surface area contributed by atoms with Gasteiger partial charge in [0.15, 0.2) is 0 Å². The summed E-state index contributed by atoms with van der Waals surface area (Å²) in [6, 6.07) is 32.1. The van der Waals surface area contributed by atoms with E-state index in [9.17, 15) is 14.4 Å². The number of ether oxygens (including phenoxy) is 3. The first-order valence-electron chi connectivity index (χ1n) is 24.6. The number of urea groups is 2. The zero-order valence-electron chi connectivity index (χ0n) is 43.1. The second kappa shape index (κ2) is 20.0. The van der Waals surface area contributed by atoms with Gasteiger partial charge in [-0.15, -0.1) is 0 Å². The van der Waals surface area contributed by atoms with E-state index >= 15 is 0 Å². The zero-order chi connectivity index (χ0) is 51.9. The summed E-state index contributed by atoms with van der Waals surface area (Å²) >= 11 is 3.45. The van der Waals surface area contributed by atoms with E-state index < -0.39 is 30.0 Å². The van der Waals surface area contributed by atoms with Crippen LogP contribution >= 0.6 is 15.9 Å². The molecule has 3 saturated heterocycles. The third-order valence-electron chi connectivity index (χ3n) is 14.4. The van der Waals surface area contributed by atoms with Gasteiger partial charge < -0.3 is 33.3 Å². The average Bonchev–Trinajstić information content (AvgIpc) is 4.00. The van der Waals surface area contributed by atoms with Crippen molar-refractivity contribution >= 4 is 58.0 Å². The first-order valence-corrected chi connectivity index (χ1v) is 25.4. The summed E-state index contributed by atoms with van der Waals surface area (Å²) in [5.74, 6) is 1.65. The Morgan fingerprint density at radius 3 is 1.64 bits per heavy atom. The van der Waals surface area contributed by atoms with Crippen LogP contribution in [0.4, 0.5) is 25.8 Å². The number of anilines is 2. The van der Waals surface area contributed by atoms with Gasteiger partial charge in [0.25, 0.3) is 0 Å². The number of aromatic amines is 1. The molecule has 4 aromatic carbocycles. The predicted molar refractivity (Wildman–Crippen MR) is 284 cm³/mol. The van der Waals surface area contributed by atoms with Crippen LogP contribution in [0.5, 0.6) is 11.5 Å². The molecule has 3 aliphatic heterocycles. The minimum Gasteiger partial charge on any atom is -0.497 e. The molecule has 5 aliphatic rings. The summed E-state index contributed by atoms with van der Waals surface area (Å²) in [5.41, 5.74) is 5.49. The van der Waals surface area contributed by atoms with Crippen molar-refractivity contribution in [3.63, 3.8) is 0 Å². The Morgan fingerprint density at radius 1 is 0.712 bits per heavy atom. The van der Waals surface area contributed by atoms with Gasteiger partial charge in [-0.3, -0.25) is 14.9 Å². The van der Waals surface area contributed by atoms with Crippen LogP contribution in [0.2, 0.25) is 0 Å². The van der Waals surface area contributed by atoms with Gasteiger partial charge in [0.1, 0.15) is 17.1 Å². The standard InChI is InChI=1S/C22H22N4O2.C19H19BrN2O2.C14H23BN2O4/c1-28-20-4-2-3-16(11-20)14-26-21(27)25(15-22(26)9-10-22)19-7-5-17(6-8-19)18-12-23-24-13-18;1-24-17-4-2-3-14(11-17)12-22-18(23)21(13-19(22)9-10-19)16-7-5-15(20)6-8-16;1-12(2,3)19-11(18)17-9-10(8-16-17)15-20-13(4,5)14(6,7)21-15/h2-8,11-13H,9-10,14-15H2,1H3,(H,23,24);2-8,11H,9-10,12-13H2,1H3;8-9H,1-7H3. The Bertz CT molecular complexity index is 2920. The van der Waals surface area contributed by atoms with E-state index in [-0.39, 0.29) is 23.1 Å². The first kappa shape index (κ1) is 51.3. The van der Waals surface area contributed by atoms with Gasteiger partial charge in [-0.2, -0.15) is 14.9 Å². The highest BCUT2D eigenvalue weighted by atomic mass is 79.9. The van der Waals surface area contributed by atoms with Crippen LogP contribution < -0.4 is 24.7 Å². The number of hydrogen-bond acceptors (Lipinski definition) is 10. The van der Waals surface area contributed by atoms with Crippen molar-refractivity contribution in [2.24, 2.45) is 0 Å². The molecule has 0 radical (unpaired) electrons. The molecule has 11 rings (SSSR count). The van der Waals surface area contributed by atoms with Crippen molar-refractivity contribution < 1.29 is 37.9 Å². The summed E-state index contributed by atoms with van der Waals surface area (Å²) < 4.78 is 29.9. The average molecular weight is 1060 g/mol. The first-order chi connectivity index (χ1) is 34.7. The zero-order valence-corrected chi connectivity index (χ0v) is 44.6. The molecule has 2 aliphatic carbocycles. The molecule has 5 fully saturated rings. The number of halogens is 1. The highest BCUT2D eigenvalue weighted by Crippen LogP contribution is 2.50. The molecule has 4 amide bonds. The lowest BCUT2D eigenvalue weighted by Gasteiger charge is -2.32. The molecule has 18 heteroatoms. The number of nitrogens with zero attached hydrogens (tertiary/aromatic N) is 7. The van der Waals surface area contributed by atoms with Gasteiger partial charge >= 0.3 is 25.3 Å². The molecule has 0 unspecified atom stereocenters. The van der Waals surface area contributed by atoms with Crippen LogP contribution in [-0.2, 0) is 27.1 Å². The van der Waals surface area contributed by atoms with E-state index in [4.69, 9.17) is 23.5 Å². The van der Waals surface area contributed by atoms with E-state index in [1.54, 1.807) is 32.8 Å². The minimum atomic E-state index is -0.562. The summed E-state index contributed by atoms with van der Waals surface area (Å²) in [7, 11) is 2.79. The summed E-state index contributed by atoms with van der Waals surface area (Å²) in [5, 5.41) is 10.8. The Morgan fingerprint density at radius 2 is 1.21 bits per heavy atom. The van der Waals surface area contributed by atoms with Crippen molar-refractivity contribution in [1.29, 1.82) is 0 Å². The fourth-order valence-electron chi connectivity index (χ4n) is 9.23. The Balaban J connectivity index is 0.000000137. The number of methoxy groups -OCH3 is 2. The van der Waals surface area contributed by atoms with E-state index in [1.165, 1.54) is 0 Å². The maximum Gasteiger partial charge on any atom is 0.498 e. The number of rotatable bonds is 10. The van der Waals surface area contributed by atoms with Crippen LogP contribution in [-0.4, -0.2) is 110 Å². The number of amides is 4. The van der Waals surface area contributed by atoms with Crippen LogP contribution in [0.1, 0.15) is 85.3 Å². The van der Waals surface area contributed by atoms with Gasteiger partial charge in [-0.1, -0.05) is 52.3 Å². The second-order valence-corrected chi connectivity index (χ2v) is 22.3. The monoisotopic (exact) mass is 1050 g/mol. The number of aromatic nitrogens is 4. The molecule has 2 aromatic heterocycles. The molecule has 0 bridgehead atoms. The van der Waals surface area contributed by atoms with Gasteiger partial charge in [0.05, 0.1) is 55.8 Å². The van der Waals surface area contributed by atoms with Crippen molar-refractivity contribution in [3.05, 3.63) is 137 Å². The lowest BCUT2D eigenvalue weighted by Crippen LogP contribution is -2.41. The van der Waals surface area contributed by atoms with Crippen LogP contribution in [0.3, 0.4) is 0 Å². The molecular formula is C55H64BBrN8O8. The molecule has 16 nitrogen and oxygen atoms in total. The maximum atomic E-state index is 13.2. The number of carbonyl (C=O) groups excluding carboxylic acids is 3. The lowest BCUT2D eigenvalue weighted by atomic mass is 9.82. The molecule has 382 valence electrons. The normalized spacial score (nSPS) is 18.6. The Hall–Kier alpha value is -6.63. The summed E-state index contributed by atoms with van der Waals surface area (Å²) in [6.07, 6.45) is 10.6. The SMILES string of the molecule is CC(C)(C)OC(=O)n1cc(B2OC(C)(C)C(C)(C)O2)cn1.COc1cccc(CN2C(=O)N(c3ccc(-c4cn[nH]c4)cc3)CC23CC3)c1.COc1cccc(CN2C(=O)N(c3ccc(Br)cc3)CC23CC3)c1. The molecule has 0 atom stereocenters. The molecular weight excluding hydrogens is 991 g/mol. The Kier molecular flexibility index (Phi) is 14.1. The fraction of sp³-hybridized carbons (Fsp3) is 0.400. The highest BCUT2D eigenvalue weighted by molar-refractivity contribution is 9.10. The van der Waals surface area contributed by atoms with Gasteiger partial charge in [-0.25, -0.2) is 14.4 Å². The predicted octanol–water partition coefficient (Wildman–Crippen LogP) is 10.5. The molecule has 2 spiro atoms. The molecule has 73 heavy (non-hydrogen) atoms. The van der Waals surface area contributed by atoms with Crippen LogP contribution in [0.15, 0.2) is 126 Å². The second-order valence-electron chi connectivity index (χ2n) is 21.4. The van der Waals surface area contributed by atoms with Crippen molar-refractivity contribution in [2.45, 2.75) is 115 Å². The van der Waals surface area contributed by atoms with Crippen molar-refractivity contribution in [1.82, 2.24) is 29.8 Å². The van der Waals surface area contributed by atoms with Gasteiger partial charge in [-0.05, 0) is 152 Å². The minimum absolute atomic E-state index is 0.00718. The number of carbonyl (C=O) groups is 3. The number of nitrogens with one attached hydrogen (secondary N) is 1. The molecule has 5 heterocycles. The highest BCUT2D eigenvalue weighted by Gasteiger charge is 2.59. The van der Waals surface area contributed by atoms with E-state index in [0.717, 1.165) is 93.1 Å². The maximum absolute atomic E-state index is 13.2. The molecule has 2 saturated carbocycles. The summed E-state index contributed by atoms with van der Waals surface area (Å²) in [6.45, 7) is 16.1. The topological polar surface area (TPSA) is 157 Å². The smallest absolute Gasteiger partial charge is 0.497 e. The number of benzene rings is 4. The third kappa shape index (κ3) is 11.2. The van der Waals surface area contributed by atoms with Crippen molar-refractivity contribution in [3.8, 4) is 22.6 Å². The third-order valence-corrected chi connectivity index (χ3v) is 15.0. The van der Waals surface area contributed by atoms with Gasteiger partial charge in [0.2, 0.25) is 0 Å². The van der Waals surface area contributed by atoms with E-state index in [1.807, 2.05) is 171 Å². The Labute approximate surface area is 436 Å². The van der Waals surface area contributed by atoms with Crippen molar-refractivity contribution in [2.75, 3.05) is 37.1 Å². The van der Waals surface area contributed by atoms with Gasteiger partial charge in [0, 0.05) is 58.6 Å². The van der Waals surface area contributed by atoms with E-state index in [0.29, 0.717) is 18.6 Å². The molecule has 6 aromatic rings. The summed E-state index contributed by atoms with van der Waals surface area (Å²) in [4.78, 5) is 46.1. The number of hydrogen-bond donors (Lipinski definition) is 1. The van der Waals surface area contributed by atoms with E-state index in [2.05, 4.69) is 31.2 Å². The van der Waals surface area contributed by atoms with Crippen LogP contribution in [0.25, 0.3) is 11.1 Å². The lowest BCUT2D eigenvalue weighted by molar-refractivity contribution is 0.00578. The number of H-pyrrole nitrogens is 1. The fourth-order valence-corrected chi connectivity index (χ4v) is 9.49.